The number of hydrogen-bond donors (Lipinski definition) is 0. The Kier molecular flexibility index (Phi) is 7.88. The normalized spacial score (nSPS) is 12.4. The third-order valence-electron chi connectivity index (χ3n) is 8.17. The molecule has 220 valence electrons. The number of nitrogens with zero attached hydrogens (tertiary/aromatic N) is 4. The number of benzene rings is 6. The van der Waals surface area contributed by atoms with Gasteiger partial charge in [0.25, 0.3) is 0 Å². The lowest BCUT2D eigenvalue weighted by atomic mass is 9.96. The monoisotopic (exact) mass is 584 g/mol. The molecule has 0 spiro atoms. The number of rotatable bonds is 8. The molecule has 0 aromatic heterocycles. The van der Waals surface area contributed by atoms with Crippen LogP contribution in [-0.2, 0) is 6.42 Å². The van der Waals surface area contributed by atoms with Gasteiger partial charge in [-0.2, -0.15) is 0 Å². The van der Waals surface area contributed by atoms with E-state index in [9.17, 15) is 0 Å². The van der Waals surface area contributed by atoms with Gasteiger partial charge in [-0.15, -0.1) is 0 Å². The lowest BCUT2D eigenvalue weighted by molar-refractivity contribution is 0.418. The average Bonchev–Trinajstić information content (AvgIpc) is 3.10. The molecular formula is C41H36N4. The minimum atomic E-state index is 0.798. The van der Waals surface area contributed by atoms with Crippen LogP contribution in [0.2, 0.25) is 0 Å². The first-order valence-corrected chi connectivity index (χ1v) is 15.4. The first kappa shape index (κ1) is 28.2. The molecule has 7 rings (SSSR count). The van der Waals surface area contributed by atoms with E-state index in [2.05, 4.69) is 204 Å². The molecule has 0 aliphatic carbocycles. The maximum Gasteiger partial charge on any atom is 0.0657 e. The topological polar surface area (TPSA) is 13.0 Å². The number of para-hydroxylation sites is 4. The van der Waals surface area contributed by atoms with Crippen LogP contribution in [0.1, 0.15) is 11.1 Å². The smallest absolute Gasteiger partial charge is 0.0657 e. The van der Waals surface area contributed by atoms with E-state index in [4.69, 9.17) is 0 Å². The summed E-state index contributed by atoms with van der Waals surface area (Å²) >= 11 is 0. The summed E-state index contributed by atoms with van der Waals surface area (Å²) in [5.74, 6) is 0. The highest BCUT2D eigenvalue weighted by Crippen LogP contribution is 2.48. The van der Waals surface area contributed by atoms with Gasteiger partial charge < -0.3 is 9.80 Å². The highest BCUT2D eigenvalue weighted by Gasteiger charge is 2.30. The van der Waals surface area contributed by atoms with E-state index in [0.29, 0.717) is 0 Å². The maximum atomic E-state index is 2.39. The second-order valence-electron chi connectivity index (χ2n) is 11.3. The minimum Gasteiger partial charge on any atom is -0.310 e. The Hall–Kier alpha value is -5.58. The molecule has 45 heavy (non-hydrogen) atoms. The van der Waals surface area contributed by atoms with Crippen molar-refractivity contribution in [3.63, 3.8) is 0 Å². The molecule has 4 heteroatoms. The van der Waals surface area contributed by atoms with Crippen LogP contribution in [-0.4, -0.2) is 19.1 Å². The molecule has 0 fully saturated rings. The van der Waals surface area contributed by atoms with Gasteiger partial charge in [0.1, 0.15) is 0 Å². The molecule has 6 aromatic rings. The van der Waals surface area contributed by atoms with Crippen LogP contribution >= 0.6 is 0 Å². The highest BCUT2D eigenvalue weighted by atomic mass is 15.6. The fraction of sp³-hybridized carbons (Fsp3) is 0.0732. The van der Waals surface area contributed by atoms with Gasteiger partial charge in [0, 0.05) is 42.4 Å². The predicted octanol–water partition coefficient (Wildman–Crippen LogP) is 10.5. The molecule has 4 nitrogen and oxygen atoms in total. The second-order valence-corrected chi connectivity index (χ2v) is 11.3. The summed E-state index contributed by atoms with van der Waals surface area (Å²) in [6.07, 6.45) is 3.16. The van der Waals surface area contributed by atoms with Crippen molar-refractivity contribution in [2.24, 2.45) is 0 Å². The Morgan fingerprint density at radius 3 is 1.33 bits per heavy atom. The van der Waals surface area contributed by atoms with Crippen molar-refractivity contribution in [1.29, 1.82) is 0 Å². The maximum absolute atomic E-state index is 2.39. The Bertz CT molecular complexity index is 1810. The Morgan fingerprint density at radius 1 is 0.467 bits per heavy atom. The summed E-state index contributed by atoms with van der Waals surface area (Å²) < 4.78 is 0. The van der Waals surface area contributed by atoms with Crippen molar-refractivity contribution in [1.82, 2.24) is 5.01 Å². The van der Waals surface area contributed by atoms with Gasteiger partial charge in [-0.25, -0.2) is 5.01 Å². The summed E-state index contributed by atoms with van der Waals surface area (Å²) in [6.45, 7) is 0. The van der Waals surface area contributed by atoms with E-state index in [0.717, 1.165) is 46.2 Å². The van der Waals surface area contributed by atoms with Crippen molar-refractivity contribution in [3.05, 3.63) is 181 Å². The molecule has 1 aliphatic rings. The first-order chi connectivity index (χ1) is 22.2. The van der Waals surface area contributed by atoms with Crippen molar-refractivity contribution in [2.45, 2.75) is 6.42 Å². The van der Waals surface area contributed by atoms with Gasteiger partial charge in [-0.3, -0.25) is 5.01 Å². The Labute approximate surface area is 266 Å². The van der Waals surface area contributed by atoms with E-state index >= 15 is 0 Å². The van der Waals surface area contributed by atoms with Crippen LogP contribution in [0.25, 0.3) is 5.70 Å². The Balaban J connectivity index is 1.53. The van der Waals surface area contributed by atoms with E-state index in [1.54, 1.807) is 0 Å². The largest absolute Gasteiger partial charge is 0.310 e. The quantitative estimate of drug-likeness (QED) is 0.176. The van der Waals surface area contributed by atoms with Crippen LogP contribution < -0.4 is 14.8 Å². The van der Waals surface area contributed by atoms with Gasteiger partial charge in [-0.05, 0) is 72.6 Å². The summed E-state index contributed by atoms with van der Waals surface area (Å²) in [5.41, 5.74) is 11.4. The molecule has 0 atom stereocenters. The van der Waals surface area contributed by atoms with Gasteiger partial charge in [0.05, 0.1) is 22.8 Å². The zero-order chi connectivity index (χ0) is 30.6. The molecule has 0 saturated heterocycles. The van der Waals surface area contributed by atoms with Gasteiger partial charge in [0.2, 0.25) is 0 Å². The standard InChI is InChI=1S/C41H36N4/c1-42(2)45-39(32-18-8-3-9-19-32)29-28-38-40(44(35-24-14-6-15-25-35)36-26-16-7-17-27-36)30-37(31-41(38)45)43(33-20-10-4-11-21-33)34-22-12-5-13-23-34/h3-27,29-31H,28H2,1-2H3. The molecule has 0 saturated carbocycles. The van der Waals surface area contributed by atoms with Crippen LogP contribution in [0.5, 0.6) is 0 Å². The number of fused-ring (bicyclic) bond motifs is 1. The Morgan fingerprint density at radius 2 is 0.889 bits per heavy atom. The number of allylic oxidation sites excluding steroid dienone is 1. The molecule has 0 radical (unpaired) electrons. The van der Waals surface area contributed by atoms with Crippen molar-refractivity contribution in [2.75, 3.05) is 28.9 Å². The molecular weight excluding hydrogens is 548 g/mol. The van der Waals surface area contributed by atoms with Crippen LogP contribution in [0.4, 0.5) is 39.8 Å². The van der Waals surface area contributed by atoms with Crippen molar-refractivity contribution in [3.8, 4) is 0 Å². The summed E-state index contributed by atoms with van der Waals surface area (Å²) in [4.78, 5) is 4.75. The average molecular weight is 585 g/mol. The second kappa shape index (κ2) is 12.6. The third kappa shape index (κ3) is 5.60. The highest BCUT2D eigenvalue weighted by molar-refractivity contribution is 5.93. The van der Waals surface area contributed by atoms with Crippen molar-refractivity contribution < 1.29 is 0 Å². The number of anilines is 7. The first-order valence-electron chi connectivity index (χ1n) is 15.4. The van der Waals surface area contributed by atoms with Crippen LogP contribution in [0.3, 0.4) is 0 Å². The van der Waals surface area contributed by atoms with E-state index in [1.807, 2.05) is 0 Å². The van der Waals surface area contributed by atoms with E-state index < -0.39 is 0 Å². The summed E-state index contributed by atoms with van der Waals surface area (Å²) in [6, 6.07) is 58.0. The minimum absolute atomic E-state index is 0.798. The predicted molar refractivity (Wildman–Crippen MR) is 190 cm³/mol. The molecule has 0 bridgehead atoms. The molecule has 0 amide bonds. The van der Waals surface area contributed by atoms with Crippen LogP contribution in [0.15, 0.2) is 170 Å². The van der Waals surface area contributed by atoms with Gasteiger partial charge in [0.15, 0.2) is 0 Å². The zero-order valence-electron chi connectivity index (χ0n) is 25.7. The van der Waals surface area contributed by atoms with Gasteiger partial charge in [-0.1, -0.05) is 109 Å². The lowest BCUT2D eigenvalue weighted by Gasteiger charge is -2.40. The summed E-state index contributed by atoms with van der Waals surface area (Å²) in [7, 11) is 4.24. The lowest BCUT2D eigenvalue weighted by Crippen LogP contribution is -2.38. The zero-order valence-corrected chi connectivity index (χ0v) is 25.7. The molecule has 6 aromatic carbocycles. The third-order valence-corrected chi connectivity index (χ3v) is 8.17. The molecule has 0 N–H and O–H groups in total. The molecule has 0 unspecified atom stereocenters. The van der Waals surface area contributed by atoms with Crippen molar-refractivity contribution >= 4 is 45.5 Å². The summed E-state index contributed by atoms with van der Waals surface area (Å²) in [5, 5.41) is 4.54. The number of hydrazine groups is 1. The fourth-order valence-electron chi connectivity index (χ4n) is 6.23. The van der Waals surface area contributed by atoms with Crippen LogP contribution in [0, 0.1) is 0 Å². The van der Waals surface area contributed by atoms with E-state index in [-0.39, 0.29) is 0 Å². The number of hydrogen-bond acceptors (Lipinski definition) is 4. The van der Waals surface area contributed by atoms with Gasteiger partial charge >= 0.3 is 0 Å². The molecule has 1 heterocycles. The fourth-order valence-corrected chi connectivity index (χ4v) is 6.23. The molecule has 1 aliphatic heterocycles. The SMILES string of the molecule is CN(C)N1C(c2ccccc2)=CCc2c(N(c3ccccc3)c3ccccc3)cc(N(c3ccccc3)c3ccccc3)cc21. The van der Waals surface area contributed by atoms with E-state index in [1.165, 1.54) is 16.8 Å².